The maximum atomic E-state index is 13.7. The van der Waals surface area contributed by atoms with E-state index in [-0.39, 0.29) is 5.52 Å². The van der Waals surface area contributed by atoms with E-state index in [0.717, 1.165) is 25.3 Å². The Morgan fingerprint density at radius 1 is 1.04 bits per heavy atom. The molecule has 0 aliphatic rings. The zero-order chi connectivity index (χ0) is 20.3. The smallest absolute Gasteiger partial charge is 0.418 e. The number of fused-ring (bicyclic) bond motifs is 1. The Morgan fingerprint density at radius 3 is 2.46 bits per heavy atom. The number of benzene rings is 2. The Labute approximate surface area is 161 Å². The van der Waals surface area contributed by atoms with Gasteiger partial charge in [0.05, 0.1) is 25.3 Å². The molecule has 150 valence electrons. The first-order valence-corrected chi connectivity index (χ1v) is 9.19. The number of para-hydroxylation sites is 1. The minimum atomic E-state index is -4.46. The summed E-state index contributed by atoms with van der Waals surface area (Å²) >= 11 is 0. The quantitative estimate of drug-likeness (QED) is 0.468. The molecule has 3 aromatic rings. The highest BCUT2D eigenvalue weighted by molar-refractivity contribution is 5.96. The molecule has 0 fully saturated rings. The highest BCUT2D eigenvalue weighted by atomic mass is 19.4. The predicted molar refractivity (Wildman–Crippen MR) is 103 cm³/mol. The second-order valence-electron chi connectivity index (χ2n) is 6.54. The molecule has 0 unspecified atom stereocenters. The molecule has 2 aromatic carbocycles. The molecule has 0 amide bonds. The van der Waals surface area contributed by atoms with Gasteiger partial charge < -0.3 is 9.47 Å². The minimum Gasteiger partial charge on any atom is -0.497 e. The van der Waals surface area contributed by atoms with Crippen LogP contribution < -0.4 is 9.47 Å². The molecule has 4 nitrogen and oxygen atoms in total. The molecule has 0 saturated heterocycles. The van der Waals surface area contributed by atoms with Crippen LogP contribution in [-0.4, -0.2) is 24.0 Å². The van der Waals surface area contributed by atoms with Crippen LogP contribution in [0.2, 0.25) is 0 Å². The van der Waals surface area contributed by atoms with Crippen molar-refractivity contribution in [2.75, 3.05) is 14.2 Å². The number of hydrogen-bond donors (Lipinski definition) is 0. The zero-order valence-electron chi connectivity index (χ0n) is 16.1. The summed E-state index contributed by atoms with van der Waals surface area (Å²) in [6.07, 6.45) is -1.79. The first-order chi connectivity index (χ1) is 13.4. The number of ether oxygens (including phenoxy) is 2. The average molecular weight is 392 g/mol. The highest BCUT2D eigenvalue weighted by Crippen LogP contribution is 2.41. The fraction of sp³-hybridized carbons (Fsp3) is 0.381. The van der Waals surface area contributed by atoms with Gasteiger partial charge in [0.2, 0.25) is 0 Å². The molecule has 1 heterocycles. The third-order valence-corrected chi connectivity index (χ3v) is 4.71. The van der Waals surface area contributed by atoms with Crippen LogP contribution in [0.25, 0.3) is 22.2 Å². The van der Waals surface area contributed by atoms with Crippen LogP contribution in [0, 0.1) is 0 Å². The van der Waals surface area contributed by atoms with E-state index in [1.807, 2.05) is 0 Å². The molecule has 0 radical (unpaired) electrons. The third-order valence-electron chi connectivity index (χ3n) is 4.71. The topological polar surface area (TPSA) is 36.3 Å². The number of methoxy groups -OCH3 is 2. The Hall–Kier alpha value is -2.70. The van der Waals surface area contributed by atoms with Crippen LogP contribution in [0.4, 0.5) is 13.2 Å². The number of rotatable bonds is 7. The van der Waals surface area contributed by atoms with Gasteiger partial charge >= 0.3 is 6.18 Å². The van der Waals surface area contributed by atoms with E-state index in [4.69, 9.17) is 9.47 Å². The normalized spacial score (nSPS) is 11.8. The number of alkyl halides is 3. The summed E-state index contributed by atoms with van der Waals surface area (Å²) in [5.74, 6) is 1.10. The maximum Gasteiger partial charge on any atom is 0.418 e. The lowest BCUT2D eigenvalue weighted by Crippen LogP contribution is -2.09. The number of aromatic nitrogens is 2. The van der Waals surface area contributed by atoms with Crippen LogP contribution in [0.5, 0.6) is 11.5 Å². The largest absolute Gasteiger partial charge is 0.497 e. The van der Waals surface area contributed by atoms with Crippen molar-refractivity contribution in [3.8, 4) is 22.8 Å². The SMILES string of the molecule is CCCCCn1nc(-c2ccc(OC)cc2OC)c2cccc(C(F)(F)F)c21. The molecule has 1 aromatic heterocycles. The van der Waals surface area contributed by atoms with Crippen LogP contribution in [0.15, 0.2) is 36.4 Å². The molecule has 28 heavy (non-hydrogen) atoms. The van der Waals surface area contributed by atoms with Crippen molar-refractivity contribution in [1.29, 1.82) is 0 Å². The van der Waals surface area contributed by atoms with Crippen molar-refractivity contribution in [2.24, 2.45) is 0 Å². The van der Waals surface area contributed by atoms with Gasteiger partial charge in [0, 0.05) is 23.6 Å². The van der Waals surface area contributed by atoms with Gasteiger partial charge in [0.25, 0.3) is 0 Å². The summed E-state index contributed by atoms with van der Waals surface area (Å²) in [7, 11) is 3.06. The van der Waals surface area contributed by atoms with Crippen LogP contribution in [0.1, 0.15) is 31.7 Å². The molecule has 7 heteroatoms. The lowest BCUT2D eigenvalue weighted by atomic mass is 10.0. The number of halogens is 3. The molecule has 0 atom stereocenters. The maximum absolute atomic E-state index is 13.7. The van der Waals surface area contributed by atoms with Gasteiger partial charge in [-0.25, -0.2) is 0 Å². The summed E-state index contributed by atoms with van der Waals surface area (Å²) in [5.41, 5.74) is 0.533. The lowest BCUT2D eigenvalue weighted by Gasteiger charge is -2.11. The summed E-state index contributed by atoms with van der Waals surface area (Å²) in [5, 5.41) is 5.02. The van der Waals surface area contributed by atoms with Crippen LogP contribution in [-0.2, 0) is 12.7 Å². The van der Waals surface area contributed by atoms with Crippen molar-refractivity contribution in [1.82, 2.24) is 9.78 Å². The fourth-order valence-corrected chi connectivity index (χ4v) is 3.33. The summed E-state index contributed by atoms with van der Waals surface area (Å²) in [6, 6.07) is 9.40. The highest BCUT2D eigenvalue weighted by Gasteiger charge is 2.35. The fourth-order valence-electron chi connectivity index (χ4n) is 3.33. The van der Waals surface area contributed by atoms with E-state index >= 15 is 0 Å². The average Bonchev–Trinajstić information content (AvgIpc) is 3.05. The van der Waals surface area contributed by atoms with E-state index in [0.29, 0.717) is 34.7 Å². The predicted octanol–water partition coefficient (Wildman–Crippen LogP) is 5.93. The van der Waals surface area contributed by atoms with Crippen molar-refractivity contribution in [3.63, 3.8) is 0 Å². The molecule has 0 aliphatic carbocycles. The molecule has 3 rings (SSSR count). The molecule has 0 N–H and O–H groups in total. The molecule has 0 saturated carbocycles. The Bertz CT molecular complexity index is 964. The lowest BCUT2D eigenvalue weighted by molar-refractivity contribution is -0.136. The van der Waals surface area contributed by atoms with Crippen LogP contribution in [0.3, 0.4) is 0 Å². The van der Waals surface area contributed by atoms with E-state index in [9.17, 15) is 13.2 Å². The van der Waals surface area contributed by atoms with Crippen LogP contribution >= 0.6 is 0 Å². The summed E-state index contributed by atoms with van der Waals surface area (Å²) in [4.78, 5) is 0. The van der Waals surface area contributed by atoms with Crippen molar-refractivity contribution < 1.29 is 22.6 Å². The number of unbranched alkanes of at least 4 members (excludes halogenated alkanes) is 2. The molecule has 0 aliphatic heterocycles. The first-order valence-electron chi connectivity index (χ1n) is 9.19. The Balaban J connectivity index is 2.24. The van der Waals surface area contributed by atoms with E-state index in [1.165, 1.54) is 17.9 Å². The van der Waals surface area contributed by atoms with Crippen molar-refractivity contribution in [2.45, 2.75) is 38.9 Å². The van der Waals surface area contributed by atoms with E-state index in [1.54, 1.807) is 31.4 Å². The molecular weight excluding hydrogens is 369 g/mol. The molecular formula is C21H23F3N2O2. The van der Waals surface area contributed by atoms with Gasteiger partial charge in [0.15, 0.2) is 0 Å². The van der Waals surface area contributed by atoms with Crippen molar-refractivity contribution >= 4 is 10.9 Å². The second kappa shape index (κ2) is 8.12. The van der Waals surface area contributed by atoms with Gasteiger partial charge in [-0.3, -0.25) is 4.68 Å². The Morgan fingerprint density at radius 2 is 1.82 bits per heavy atom. The molecule has 0 bridgehead atoms. The number of nitrogens with zero attached hydrogens (tertiary/aromatic N) is 2. The summed E-state index contributed by atoms with van der Waals surface area (Å²) in [6.45, 7) is 2.48. The number of aryl methyl sites for hydroxylation is 1. The van der Waals surface area contributed by atoms with Gasteiger partial charge in [-0.05, 0) is 24.6 Å². The van der Waals surface area contributed by atoms with Gasteiger partial charge in [-0.1, -0.05) is 31.9 Å². The molecule has 0 spiro atoms. The third kappa shape index (κ3) is 3.79. The second-order valence-corrected chi connectivity index (χ2v) is 6.54. The first kappa shape index (κ1) is 20.0. The van der Waals surface area contributed by atoms with Gasteiger partial charge in [0.1, 0.15) is 17.2 Å². The standard InChI is InChI=1S/C21H23F3N2O2/c1-4-5-6-12-26-20-16(8-7-9-17(20)21(22,23)24)19(25-26)15-11-10-14(27-2)13-18(15)28-3/h7-11,13H,4-6,12H2,1-3H3. The minimum absolute atomic E-state index is 0.110. The Kier molecular flexibility index (Phi) is 5.82. The van der Waals surface area contributed by atoms with E-state index < -0.39 is 11.7 Å². The number of hydrogen-bond acceptors (Lipinski definition) is 3. The summed E-state index contributed by atoms with van der Waals surface area (Å²) < 4.78 is 53.1. The van der Waals surface area contributed by atoms with Gasteiger partial charge in [-0.15, -0.1) is 0 Å². The van der Waals surface area contributed by atoms with Crippen molar-refractivity contribution in [3.05, 3.63) is 42.0 Å². The van der Waals surface area contributed by atoms with E-state index in [2.05, 4.69) is 12.0 Å². The monoisotopic (exact) mass is 392 g/mol. The van der Waals surface area contributed by atoms with Gasteiger partial charge in [-0.2, -0.15) is 18.3 Å². The zero-order valence-corrected chi connectivity index (χ0v) is 16.1.